The Bertz CT molecular complexity index is 564. The largest absolute Gasteiger partial charge is 0.465 e. The van der Waals surface area contributed by atoms with E-state index in [4.69, 9.17) is 4.74 Å². The van der Waals surface area contributed by atoms with Crippen molar-refractivity contribution in [1.82, 2.24) is 10.2 Å². The quantitative estimate of drug-likeness (QED) is 0.769. The zero-order chi connectivity index (χ0) is 12.6. The molecule has 0 amide bonds. The summed E-state index contributed by atoms with van der Waals surface area (Å²) in [5.41, 5.74) is 2.40. The van der Waals surface area contributed by atoms with Crippen LogP contribution in [0.3, 0.4) is 0 Å². The van der Waals surface area contributed by atoms with Crippen LogP contribution in [-0.4, -0.2) is 23.3 Å². The van der Waals surface area contributed by atoms with Crippen LogP contribution in [0.2, 0.25) is 0 Å². The van der Waals surface area contributed by atoms with Gasteiger partial charge in [0.2, 0.25) is 0 Å². The molecule has 2 rings (SSSR count). The van der Waals surface area contributed by atoms with E-state index in [1.165, 1.54) is 7.11 Å². The fraction of sp³-hybridized carbons (Fsp3) is 0.385. The molecule has 1 N–H and O–H groups in total. The van der Waals surface area contributed by atoms with Crippen molar-refractivity contribution in [3.8, 4) is 0 Å². The van der Waals surface area contributed by atoms with E-state index in [0.29, 0.717) is 5.56 Å². The zero-order valence-electron chi connectivity index (χ0n) is 10.5. The topological polar surface area (TPSA) is 55.0 Å². The Labute approximate surface area is 100.0 Å². The second-order valence-corrected chi connectivity index (χ2v) is 5.07. The number of carbonyl (C=O) groups excluding carboxylic acids is 1. The lowest BCUT2D eigenvalue weighted by Crippen LogP contribution is -2.12. The number of nitrogens with zero attached hydrogens (tertiary/aromatic N) is 1. The summed E-state index contributed by atoms with van der Waals surface area (Å²) < 4.78 is 4.72. The second kappa shape index (κ2) is 3.87. The summed E-state index contributed by atoms with van der Waals surface area (Å²) in [6, 6.07) is 5.38. The molecular formula is C13H16N2O2. The number of hydrogen-bond acceptors (Lipinski definition) is 3. The minimum Gasteiger partial charge on any atom is -0.465 e. The van der Waals surface area contributed by atoms with Crippen molar-refractivity contribution in [3.63, 3.8) is 0 Å². The van der Waals surface area contributed by atoms with Crippen LogP contribution in [0.4, 0.5) is 0 Å². The Balaban J connectivity index is 2.62. The highest BCUT2D eigenvalue weighted by molar-refractivity contribution is 5.95. The van der Waals surface area contributed by atoms with Gasteiger partial charge in [0, 0.05) is 16.5 Å². The van der Waals surface area contributed by atoms with Crippen LogP contribution in [0.25, 0.3) is 10.9 Å². The van der Waals surface area contributed by atoms with Crippen LogP contribution < -0.4 is 0 Å². The molecule has 0 bridgehead atoms. The van der Waals surface area contributed by atoms with Crippen LogP contribution in [0, 0.1) is 0 Å². The average Bonchev–Trinajstić information content (AvgIpc) is 2.70. The van der Waals surface area contributed by atoms with E-state index in [2.05, 4.69) is 31.0 Å². The van der Waals surface area contributed by atoms with Crippen LogP contribution >= 0.6 is 0 Å². The van der Waals surface area contributed by atoms with Gasteiger partial charge in [-0.05, 0) is 18.2 Å². The Morgan fingerprint density at radius 2 is 2.06 bits per heavy atom. The fourth-order valence-corrected chi connectivity index (χ4v) is 1.83. The zero-order valence-corrected chi connectivity index (χ0v) is 10.5. The number of nitrogens with one attached hydrogen (secondary N) is 1. The molecule has 0 saturated heterocycles. The van der Waals surface area contributed by atoms with Crippen molar-refractivity contribution >= 4 is 16.9 Å². The first kappa shape index (κ1) is 11.6. The highest BCUT2D eigenvalue weighted by Gasteiger charge is 2.20. The summed E-state index contributed by atoms with van der Waals surface area (Å²) in [6.45, 7) is 6.31. The van der Waals surface area contributed by atoms with Gasteiger partial charge in [-0.25, -0.2) is 4.79 Å². The number of carbonyl (C=O) groups is 1. The number of esters is 1. The monoisotopic (exact) mass is 232 g/mol. The second-order valence-electron chi connectivity index (χ2n) is 5.07. The van der Waals surface area contributed by atoms with Gasteiger partial charge in [-0.1, -0.05) is 20.8 Å². The van der Waals surface area contributed by atoms with E-state index in [9.17, 15) is 4.79 Å². The van der Waals surface area contributed by atoms with E-state index in [-0.39, 0.29) is 11.4 Å². The predicted molar refractivity (Wildman–Crippen MR) is 66.1 cm³/mol. The standard InChI is InChI=1S/C13H16N2O2/c1-13(2,3)11-9-7-8(12(16)17-4)5-6-10(9)14-15-11/h5-7H,1-4H3,(H,14,15). The minimum absolute atomic E-state index is 0.0382. The van der Waals surface area contributed by atoms with Crippen molar-refractivity contribution in [2.24, 2.45) is 0 Å². The van der Waals surface area contributed by atoms with Crippen molar-refractivity contribution in [2.45, 2.75) is 26.2 Å². The lowest BCUT2D eigenvalue weighted by atomic mass is 9.89. The molecule has 4 nitrogen and oxygen atoms in total. The van der Waals surface area contributed by atoms with Crippen molar-refractivity contribution in [2.75, 3.05) is 7.11 Å². The molecule has 0 saturated carbocycles. The maximum atomic E-state index is 11.5. The van der Waals surface area contributed by atoms with Gasteiger partial charge in [0.15, 0.2) is 0 Å². The van der Waals surface area contributed by atoms with Crippen LogP contribution in [0.5, 0.6) is 0 Å². The van der Waals surface area contributed by atoms with Gasteiger partial charge >= 0.3 is 5.97 Å². The maximum Gasteiger partial charge on any atom is 0.337 e. The smallest absolute Gasteiger partial charge is 0.337 e. The van der Waals surface area contributed by atoms with Gasteiger partial charge in [-0.3, -0.25) is 5.10 Å². The van der Waals surface area contributed by atoms with E-state index in [1.807, 2.05) is 12.1 Å². The molecule has 0 aliphatic carbocycles. The molecule has 0 radical (unpaired) electrons. The van der Waals surface area contributed by atoms with E-state index < -0.39 is 0 Å². The molecule has 17 heavy (non-hydrogen) atoms. The molecular weight excluding hydrogens is 216 g/mol. The fourth-order valence-electron chi connectivity index (χ4n) is 1.83. The number of hydrogen-bond donors (Lipinski definition) is 1. The summed E-state index contributed by atoms with van der Waals surface area (Å²) in [5.74, 6) is -0.326. The molecule has 1 aromatic heterocycles. The first-order chi connectivity index (χ1) is 7.93. The van der Waals surface area contributed by atoms with E-state index in [0.717, 1.165) is 16.6 Å². The number of fused-ring (bicyclic) bond motifs is 1. The van der Waals surface area contributed by atoms with Crippen LogP contribution in [-0.2, 0) is 10.2 Å². The maximum absolute atomic E-state index is 11.5. The summed E-state index contributed by atoms with van der Waals surface area (Å²) in [6.07, 6.45) is 0. The minimum atomic E-state index is -0.326. The summed E-state index contributed by atoms with van der Waals surface area (Å²) in [5, 5.41) is 8.24. The number of aromatic nitrogens is 2. The Morgan fingerprint density at radius 1 is 1.35 bits per heavy atom. The third-order valence-electron chi connectivity index (χ3n) is 2.73. The number of H-pyrrole nitrogens is 1. The predicted octanol–water partition coefficient (Wildman–Crippen LogP) is 2.65. The van der Waals surface area contributed by atoms with Crippen molar-refractivity contribution < 1.29 is 9.53 Å². The van der Waals surface area contributed by atoms with Crippen molar-refractivity contribution in [3.05, 3.63) is 29.5 Å². The Hall–Kier alpha value is -1.84. The number of methoxy groups -OCH3 is 1. The third kappa shape index (κ3) is 2.02. The van der Waals surface area contributed by atoms with Gasteiger partial charge in [0.05, 0.1) is 18.2 Å². The average molecular weight is 232 g/mol. The summed E-state index contributed by atoms with van der Waals surface area (Å²) in [7, 11) is 1.38. The number of aromatic amines is 1. The molecule has 1 heterocycles. The van der Waals surface area contributed by atoms with Crippen LogP contribution in [0.15, 0.2) is 18.2 Å². The molecule has 0 fully saturated rings. The number of ether oxygens (including phenoxy) is 1. The van der Waals surface area contributed by atoms with Gasteiger partial charge in [0.1, 0.15) is 0 Å². The lowest BCUT2D eigenvalue weighted by Gasteiger charge is -2.16. The van der Waals surface area contributed by atoms with Crippen molar-refractivity contribution in [1.29, 1.82) is 0 Å². The molecule has 90 valence electrons. The van der Waals surface area contributed by atoms with Gasteiger partial charge in [0.25, 0.3) is 0 Å². The SMILES string of the molecule is COC(=O)c1ccc2n[nH]c(C(C)(C)C)c2c1. The summed E-state index contributed by atoms with van der Waals surface area (Å²) in [4.78, 5) is 11.5. The molecule has 0 spiro atoms. The molecule has 0 aliphatic rings. The molecule has 0 atom stereocenters. The molecule has 0 aliphatic heterocycles. The van der Waals surface area contributed by atoms with Crippen LogP contribution in [0.1, 0.15) is 36.8 Å². The van der Waals surface area contributed by atoms with E-state index in [1.54, 1.807) is 6.07 Å². The van der Waals surface area contributed by atoms with Gasteiger partial charge < -0.3 is 4.74 Å². The lowest BCUT2D eigenvalue weighted by molar-refractivity contribution is 0.0601. The summed E-state index contributed by atoms with van der Waals surface area (Å²) >= 11 is 0. The molecule has 0 unspecified atom stereocenters. The first-order valence-corrected chi connectivity index (χ1v) is 5.50. The van der Waals surface area contributed by atoms with E-state index >= 15 is 0 Å². The third-order valence-corrected chi connectivity index (χ3v) is 2.73. The van der Waals surface area contributed by atoms with Gasteiger partial charge in [-0.15, -0.1) is 0 Å². The molecule has 2 aromatic rings. The molecule has 4 heteroatoms. The number of rotatable bonds is 1. The highest BCUT2D eigenvalue weighted by Crippen LogP contribution is 2.28. The number of benzene rings is 1. The highest BCUT2D eigenvalue weighted by atomic mass is 16.5. The Morgan fingerprint density at radius 3 is 2.65 bits per heavy atom. The Kier molecular flexibility index (Phi) is 2.65. The first-order valence-electron chi connectivity index (χ1n) is 5.50. The normalized spacial score (nSPS) is 11.8. The van der Waals surface area contributed by atoms with Gasteiger partial charge in [-0.2, -0.15) is 5.10 Å². The molecule has 1 aromatic carbocycles.